The normalized spacial score (nSPS) is 26.1. The van der Waals surface area contributed by atoms with Crippen molar-refractivity contribution in [2.45, 2.75) is 42.7 Å². The minimum absolute atomic E-state index is 0.147. The number of nitrogens with zero attached hydrogens (tertiary/aromatic N) is 2. The highest BCUT2D eigenvalue weighted by Gasteiger charge is 2.63. The van der Waals surface area contributed by atoms with Crippen molar-refractivity contribution in [3.8, 4) is 11.8 Å². The maximum atomic E-state index is 12.6. The molecule has 2 aromatic rings. The molecule has 2 aliphatic rings. The fourth-order valence-corrected chi connectivity index (χ4v) is 5.51. The van der Waals surface area contributed by atoms with Gasteiger partial charge < -0.3 is 14.7 Å². The number of benzene rings is 2. The number of amides is 1. The van der Waals surface area contributed by atoms with E-state index in [0.29, 0.717) is 17.9 Å². The second-order valence-corrected chi connectivity index (χ2v) is 9.47. The highest BCUT2D eigenvalue weighted by atomic mass is 32.2. The molecule has 4 atom stereocenters. The molecular formula is C22H22N2O3S. The van der Waals surface area contributed by atoms with E-state index in [0.717, 1.165) is 5.56 Å². The summed E-state index contributed by atoms with van der Waals surface area (Å²) in [4.78, 5) is 14.2. The lowest BCUT2D eigenvalue weighted by Gasteiger charge is -2.45. The number of rotatable bonds is 5. The first kappa shape index (κ1) is 18.9. The van der Waals surface area contributed by atoms with Crippen LogP contribution in [0.15, 0.2) is 54.6 Å². The molecule has 0 bridgehead atoms. The number of thioether (sulfide) groups is 1. The van der Waals surface area contributed by atoms with E-state index >= 15 is 0 Å². The minimum atomic E-state index is -0.891. The number of carbonyl (C=O) groups is 1. The van der Waals surface area contributed by atoms with Gasteiger partial charge in [0.1, 0.15) is 18.4 Å². The van der Waals surface area contributed by atoms with Crippen molar-refractivity contribution in [2.75, 3.05) is 0 Å². The third kappa shape index (κ3) is 3.15. The predicted octanol–water partition coefficient (Wildman–Crippen LogP) is 3.50. The van der Waals surface area contributed by atoms with E-state index < -0.39 is 18.1 Å². The van der Waals surface area contributed by atoms with E-state index in [9.17, 15) is 15.2 Å². The topological polar surface area (TPSA) is 73.6 Å². The summed E-state index contributed by atoms with van der Waals surface area (Å²) in [5, 5.41) is 20.1. The number of hydrogen-bond acceptors (Lipinski definition) is 5. The van der Waals surface area contributed by atoms with Crippen LogP contribution in [-0.4, -0.2) is 32.1 Å². The number of nitriles is 1. The highest BCUT2D eigenvalue weighted by molar-refractivity contribution is 8.01. The Morgan fingerprint density at radius 1 is 1.21 bits per heavy atom. The van der Waals surface area contributed by atoms with Crippen molar-refractivity contribution in [1.29, 1.82) is 5.26 Å². The Balaban J connectivity index is 1.42. The Hall–Kier alpha value is -2.49. The highest BCUT2D eigenvalue weighted by Crippen LogP contribution is 2.55. The van der Waals surface area contributed by atoms with E-state index in [4.69, 9.17) is 4.74 Å². The number of carbonyl (C=O) groups excluding carboxylic acids is 1. The molecule has 0 spiro atoms. The van der Waals surface area contributed by atoms with E-state index in [1.54, 1.807) is 28.8 Å². The van der Waals surface area contributed by atoms with Gasteiger partial charge in [-0.2, -0.15) is 5.26 Å². The molecule has 28 heavy (non-hydrogen) atoms. The molecule has 2 aromatic carbocycles. The molecule has 1 unspecified atom stereocenters. The molecule has 6 heteroatoms. The van der Waals surface area contributed by atoms with Crippen molar-refractivity contribution in [1.82, 2.24) is 4.90 Å². The van der Waals surface area contributed by atoms with Gasteiger partial charge in [-0.25, -0.2) is 0 Å². The SMILES string of the molecule is CC1(C)S[C@@H]2[C@@H](C(O)c3ccc(OCc4ccccc4)cc3)C(=O)N2[C@H]1C#N. The van der Waals surface area contributed by atoms with Crippen LogP contribution in [-0.2, 0) is 11.4 Å². The van der Waals surface area contributed by atoms with Crippen LogP contribution in [0.1, 0.15) is 31.1 Å². The maximum absolute atomic E-state index is 12.6. The average molecular weight is 394 g/mol. The largest absolute Gasteiger partial charge is 0.489 e. The van der Waals surface area contributed by atoms with Crippen LogP contribution in [0, 0.1) is 17.2 Å². The van der Waals surface area contributed by atoms with Gasteiger partial charge in [-0.1, -0.05) is 42.5 Å². The summed E-state index contributed by atoms with van der Waals surface area (Å²) in [7, 11) is 0. The summed E-state index contributed by atoms with van der Waals surface area (Å²) in [6.07, 6.45) is -0.891. The smallest absolute Gasteiger partial charge is 0.233 e. The van der Waals surface area contributed by atoms with E-state index in [-0.39, 0.29) is 16.0 Å². The Kier molecular flexibility index (Phi) is 4.82. The lowest BCUT2D eigenvalue weighted by Crippen LogP contribution is -2.61. The number of β-lactam (4-membered cyclic amide) rings is 1. The molecule has 0 radical (unpaired) electrons. The number of hydrogen-bond donors (Lipinski definition) is 1. The number of aliphatic hydroxyl groups excluding tert-OH is 1. The summed E-state index contributed by atoms with van der Waals surface area (Å²) in [5.41, 5.74) is 1.77. The Labute approximate surface area is 168 Å². The molecule has 4 rings (SSSR count). The van der Waals surface area contributed by atoms with Gasteiger partial charge in [-0.15, -0.1) is 11.8 Å². The predicted molar refractivity (Wildman–Crippen MR) is 107 cm³/mol. The first-order chi connectivity index (χ1) is 13.4. The van der Waals surface area contributed by atoms with Gasteiger partial charge in [-0.3, -0.25) is 4.79 Å². The number of ether oxygens (including phenoxy) is 1. The van der Waals surface area contributed by atoms with Crippen LogP contribution in [0.3, 0.4) is 0 Å². The average Bonchev–Trinajstić information content (AvgIpc) is 2.94. The van der Waals surface area contributed by atoms with Gasteiger partial charge in [0.2, 0.25) is 5.91 Å². The second kappa shape index (κ2) is 7.16. The van der Waals surface area contributed by atoms with Crippen molar-refractivity contribution < 1.29 is 14.6 Å². The van der Waals surface area contributed by atoms with Crippen LogP contribution in [0.4, 0.5) is 0 Å². The second-order valence-electron chi connectivity index (χ2n) is 7.70. The quantitative estimate of drug-likeness (QED) is 0.786. The minimum Gasteiger partial charge on any atom is -0.489 e. The van der Waals surface area contributed by atoms with Crippen molar-refractivity contribution in [2.24, 2.45) is 5.92 Å². The molecule has 2 heterocycles. The van der Waals surface area contributed by atoms with Gasteiger partial charge in [0.15, 0.2) is 0 Å². The summed E-state index contributed by atoms with van der Waals surface area (Å²) in [6, 6.07) is 18.9. The molecule has 144 valence electrons. The van der Waals surface area contributed by atoms with Crippen LogP contribution in [0.25, 0.3) is 0 Å². The molecule has 2 aliphatic heterocycles. The molecule has 0 aliphatic carbocycles. The van der Waals surface area contributed by atoms with Crippen molar-refractivity contribution in [3.63, 3.8) is 0 Å². The lowest BCUT2D eigenvalue weighted by molar-refractivity contribution is -0.159. The van der Waals surface area contributed by atoms with Gasteiger partial charge in [0, 0.05) is 4.75 Å². The molecule has 1 amide bonds. The van der Waals surface area contributed by atoms with Crippen LogP contribution >= 0.6 is 11.8 Å². The Bertz CT molecular complexity index is 908. The molecule has 5 nitrogen and oxygen atoms in total. The van der Waals surface area contributed by atoms with Crippen LogP contribution < -0.4 is 4.74 Å². The molecule has 2 fully saturated rings. The standard InChI is InChI=1S/C22H22N2O3S/c1-22(2)17(12-23)24-20(26)18(21(24)28-22)19(25)15-8-10-16(11-9-15)27-13-14-6-4-3-5-7-14/h3-11,17-19,21,25H,13H2,1-2H3/t17-,18-,19?,21+/m0/s1. The summed E-state index contributed by atoms with van der Waals surface area (Å²) in [6.45, 7) is 4.42. The Morgan fingerprint density at radius 3 is 2.54 bits per heavy atom. The van der Waals surface area contributed by atoms with Gasteiger partial charge in [-0.05, 0) is 37.1 Å². The zero-order valence-corrected chi connectivity index (χ0v) is 16.6. The fraction of sp³-hybridized carbons (Fsp3) is 0.364. The van der Waals surface area contributed by atoms with Gasteiger partial charge in [0.05, 0.1) is 23.5 Å². The maximum Gasteiger partial charge on any atom is 0.233 e. The third-order valence-corrected chi connectivity index (χ3v) is 7.01. The summed E-state index contributed by atoms with van der Waals surface area (Å²) < 4.78 is 5.44. The van der Waals surface area contributed by atoms with Crippen molar-refractivity contribution in [3.05, 3.63) is 65.7 Å². The molecular weight excluding hydrogens is 372 g/mol. The lowest BCUT2D eigenvalue weighted by atomic mass is 9.85. The van der Waals surface area contributed by atoms with Crippen LogP contribution in [0.2, 0.25) is 0 Å². The summed E-state index contributed by atoms with van der Waals surface area (Å²) >= 11 is 1.59. The van der Waals surface area contributed by atoms with E-state index in [2.05, 4.69) is 6.07 Å². The van der Waals surface area contributed by atoms with E-state index in [1.807, 2.05) is 56.3 Å². The zero-order chi connectivity index (χ0) is 19.9. The molecule has 0 aromatic heterocycles. The van der Waals surface area contributed by atoms with E-state index in [1.165, 1.54) is 0 Å². The molecule has 1 N–H and O–H groups in total. The van der Waals surface area contributed by atoms with Crippen molar-refractivity contribution >= 4 is 17.7 Å². The number of fused-ring (bicyclic) bond motifs is 1. The third-order valence-electron chi connectivity index (χ3n) is 5.41. The first-order valence-corrected chi connectivity index (χ1v) is 10.1. The monoisotopic (exact) mass is 394 g/mol. The van der Waals surface area contributed by atoms with Gasteiger partial charge >= 0.3 is 0 Å². The Morgan fingerprint density at radius 2 is 1.89 bits per heavy atom. The molecule has 2 saturated heterocycles. The fourth-order valence-electron chi connectivity index (χ4n) is 3.84. The van der Waals surface area contributed by atoms with Gasteiger partial charge in [0.25, 0.3) is 0 Å². The number of aliphatic hydroxyl groups is 1. The zero-order valence-electron chi connectivity index (χ0n) is 15.8. The summed E-state index contributed by atoms with van der Waals surface area (Å²) in [5.74, 6) is 0.0486. The molecule has 0 saturated carbocycles. The first-order valence-electron chi connectivity index (χ1n) is 9.27. The van der Waals surface area contributed by atoms with Crippen LogP contribution in [0.5, 0.6) is 5.75 Å².